The van der Waals surface area contributed by atoms with Crippen molar-refractivity contribution in [2.75, 3.05) is 18.4 Å². The van der Waals surface area contributed by atoms with Crippen molar-refractivity contribution in [2.24, 2.45) is 5.73 Å². The number of hydrogen-bond donors (Lipinski definition) is 3. The third-order valence-electron chi connectivity index (χ3n) is 3.77. The van der Waals surface area contributed by atoms with Crippen LogP contribution in [-0.2, 0) is 0 Å². The number of aromatic nitrogens is 1. The Hall–Kier alpha value is -2.05. The van der Waals surface area contributed by atoms with Gasteiger partial charge in [0.15, 0.2) is 0 Å². The van der Waals surface area contributed by atoms with Crippen LogP contribution in [0.25, 0.3) is 10.9 Å². The molecule has 0 spiro atoms. The summed E-state index contributed by atoms with van der Waals surface area (Å²) in [4.78, 5) is 24.0. The minimum atomic E-state index is -1.23. The number of nitrogens with zero attached hydrogens (tertiary/aromatic N) is 1. The smallest absolute Gasteiger partial charge is 0.341 e. The van der Waals surface area contributed by atoms with E-state index in [4.69, 9.17) is 17.3 Å². The first-order chi connectivity index (χ1) is 10.5. The van der Waals surface area contributed by atoms with Gasteiger partial charge < -0.3 is 20.7 Å². The third kappa shape index (κ3) is 2.44. The van der Waals surface area contributed by atoms with Gasteiger partial charge in [-0.2, -0.15) is 0 Å². The second-order valence-corrected chi connectivity index (χ2v) is 5.75. The Kier molecular flexibility index (Phi) is 3.80. The van der Waals surface area contributed by atoms with Crippen LogP contribution in [-0.4, -0.2) is 28.7 Å². The van der Waals surface area contributed by atoms with Crippen LogP contribution in [0.5, 0.6) is 0 Å². The number of rotatable bonds is 5. The summed E-state index contributed by atoms with van der Waals surface area (Å²) in [7, 11) is 0. The van der Waals surface area contributed by atoms with Crippen LogP contribution in [0.15, 0.2) is 23.1 Å². The van der Waals surface area contributed by atoms with Gasteiger partial charge in [-0.3, -0.25) is 4.79 Å². The first-order valence-corrected chi connectivity index (χ1v) is 7.47. The summed E-state index contributed by atoms with van der Waals surface area (Å²) in [6, 6.07) is 3.71. The molecule has 3 rings (SSSR count). The molecule has 1 aliphatic carbocycles. The monoisotopic (exact) mass is 321 g/mol. The molecule has 0 saturated heterocycles. The van der Waals surface area contributed by atoms with Crippen molar-refractivity contribution in [3.8, 4) is 0 Å². The second-order valence-electron chi connectivity index (χ2n) is 5.35. The average molecular weight is 322 g/mol. The zero-order chi connectivity index (χ0) is 15.9. The Morgan fingerprint density at radius 1 is 1.45 bits per heavy atom. The minimum absolute atomic E-state index is 0.238. The van der Waals surface area contributed by atoms with E-state index >= 15 is 0 Å². The number of nitrogens with two attached hydrogens (primary N) is 1. The van der Waals surface area contributed by atoms with Gasteiger partial charge in [0.25, 0.3) is 0 Å². The first kappa shape index (κ1) is 14.9. The van der Waals surface area contributed by atoms with Crippen LogP contribution in [0.2, 0.25) is 5.02 Å². The molecular formula is C15H16ClN3O3. The molecule has 1 aromatic heterocycles. The van der Waals surface area contributed by atoms with Gasteiger partial charge in [0.1, 0.15) is 5.56 Å². The largest absolute Gasteiger partial charge is 0.477 e. The quantitative estimate of drug-likeness (QED) is 0.783. The fourth-order valence-corrected chi connectivity index (χ4v) is 2.81. The molecule has 116 valence electrons. The van der Waals surface area contributed by atoms with Gasteiger partial charge in [-0.1, -0.05) is 11.6 Å². The van der Waals surface area contributed by atoms with Crippen molar-refractivity contribution in [1.82, 2.24) is 4.57 Å². The number of carbonyl (C=O) groups is 1. The van der Waals surface area contributed by atoms with Crippen LogP contribution < -0.4 is 16.5 Å². The van der Waals surface area contributed by atoms with Gasteiger partial charge in [-0.15, -0.1) is 0 Å². The number of halogens is 1. The number of carboxylic acid groups (broad SMARTS) is 1. The number of hydrogen-bond acceptors (Lipinski definition) is 4. The number of benzene rings is 1. The predicted molar refractivity (Wildman–Crippen MR) is 86.0 cm³/mol. The van der Waals surface area contributed by atoms with Crippen LogP contribution in [0, 0.1) is 0 Å². The van der Waals surface area contributed by atoms with E-state index in [0.29, 0.717) is 34.7 Å². The van der Waals surface area contributed by atoms with E-state index in [1.807, 2.05) is 4.57 Å². The van der Waals surface area contributed by atoms with Crippen molar-refractivity contribution in [1.29, 1.82) is 0 Å². The summed E-state index contributed by atoms with van der Waals surface area (Å²) < 4.78 is 1.87. The molecule has 2 aromatic rings. The highest BCUT2D eigenvalue weighted by molar-refractivity contribution is 6.34. The molecule has 0 amide bonds. The molecule has 4 N–H and O–H groups in total. The zero-order valence-corrected chi connectivity index (χ0v) is 12.6. The van der Waals surface area contributed by atoms with Crippen molar-refractivity contribution in [3.05, 3.63) is 39.1 Å². The molecular weight excluding hydrogens is 306 g/mol. The van der Waals surface area contributed by atoms with Crippen molar-refractivity contribution in [2.45, 2.75) is 18.9 Å². The lowest BCUT2D eigenvalue weighted by atomic mass is 10.1. The third-order valence-corrected chi connectivity index (χ3v) is 4.08. The number of pyridine rings is 1. The molecule has 6 nitrogen and oxygen atoms in total. The van der Waals surface area contributed by atoms with Gasteiger partial charge in [0.2, 0.25) is 5.43 Å². The van der Waals surface area contributed by atoms with Gasteiger partial charge in [0.05, 0.1) is 21.6 Å². The Morgan fingerprint density at radius 2 is 2.18 bits per heavy atom. The van der Waals surface area contributed by atoms with Gasteiger partial charge in [-0.05, 0) is 25.0 Å². The molecule has 7 heteroatoms. The normalized spacial score (nSPS) is 14.3. The van der Waals surface area contributed by atoms with E-state index in [0.717, 1.165) is 12.8 Å². The van der Waals surface area contributed by atoms with Gasteiger partial charge >= 0.3 is 5.97 Å². The molecule has 1 saturated carbocycles. The fourth-order valence-electron chi connectivity index (χ4n) is 2.59. The van der Waals surface area contributed by atoms with E-state index in [9.17, 15) is 14.7 Å². The van der Waals surface area contributed by atoms with Gasteiger partial charge in [0, 0.05) is 25.3 Å². The van der Waals surface area contributed by atoms with E-state index in [1.165, 1.54) is 6.20 Å². The van der Waals surface area contributed by atoms with E-state index in [-0.39, 0.29) is 11.6 Å². The molecule has 0 atom stereocenters. The predicted octanol–water partition coefficient (Wildman–Crippen LogP) is 2.06. The molecule has 1 heterocycles. The Labute approximate surface area is 131 Å². The Bertz CT molecular complexity index is 812. The summed E-state index contributed by atoms with van der Waals surface area (Å²) in [5.41, 5.74) is 5.87. The molecule has 1 fully saturated rings. The molecule has 0 radical (unpaired) electrons. The van der Waals surface area contributed by atoms with Crippen molar-refractivity contribution < 1.29 is 9.90 Å². The van der Waals surface area contributed by atoms with Gasteiger partial charge in [-0.25, -0.2) is 4.79 Å². The minimum Gasteiger partial charge on any atom is -0.477 e. The molecule has 0 aliphatic heterocycles. The molecule has 0 bridgehead atoms. The summed E-state index contributed by atoms with van der Waals surface area (Å²) in [6.45, 7) is 0.821. The second kappa shape index (κ2) is 5.62. The lowest BCUT2D eigenvalue weighted by molar-refractivity contribution is 0.0695. The van der Waals surface area contributed by atoms with E-state index in [2.05, 4.69) is 5.32 Å². The van der Waals surface area contributed by atoms with E-state index < -0.39 is 11.4 Å². The van der Waals surface area contributed by atoms with Crippen LogP contribution in [0.4, 0.5) is 5.69 Å². The van der Waals surface area contributed by atoms with E-state index in [1.54, 1.807) is 12.1 Å². The topological polar surface area (TPSA) is 97.3 Å². The van der Waals surface area contributed by atoms with Crippen LogP contribution >= 0.6 is 11.6 Å². The maximum absolute atomic E-state index is 12.6. The number of nitrogens with one attached hydrogen (secondary N) is 1. The summed E-state index contributed by atoms with van der Waals surface area (Å²) in [5.74, 6) is -1.23. The molecule has 1 aromatic carbocycles. The molecule has 0 unspecified atom stereocenters. The SMILES string of the molecule is NCCNc1c(Cl)ccc2c1c(=O)c(C(=O)O)cn2C1CC1. The number of carboxylic acids is 1. The number of fused-ring (bicyclic) bond motifs is 1. The standard InChI is InChI=1S/C15H16ClN3O3/c16-10-3-4-11-12(13(10)18-6-5-17)14(20)9(15(21)22)7-19(11)8-1-2-8/h3-4,7-8,18H,1-2,5-6,17H2,(H,21,22). The number of anilines is 1. The first-order valence-electron chi connectivity index (χ1n) is 7.09. The molecule has 22 heavy (non-hydrogen) atoms. The maximum Gasteiger partial charge on any atom is 0.341 e. The lowest BCUT2D eigenvalue weighted by Gasteiger charge is -2.16. The zero-order valence-electron chi connectivity index (χ0n) is 11.8. The number of aromatic carboxylic acids is 1. The fraction of sp³-hybridized carbons (Fsp3) is 0.333. The summed E-state index contributed by atoms with van der Waals surface area (Å²) in [6.07, 6.45) is 3.39. The van der Waals surface area contributed by atoms with Crippen LogP contribution in [0.1, 0.15) is 29.2 Å². The summed E-state index contributed by atoms with van der Waals surface area (Å²) >= 11 is 6.19. The highest BCUT2D eigenvalue weighted by atomic mass is 35.5. The average Bonchev–Trinajstić information content (AvgIpc) is 3.31. The van der Waals surface area contributed by atoms with Crippen molar-refractivity contribution >= 4 is 34.2 Å². The Balaban J connectivity index is 2.36. The lowest BCUT2D eigenvalue weighted by Crippen LogP contribution is -2.21. The maximum atomic E-state index is 12.6. The highest BCUT2D eigenvalue weighted by Crippen LogP contribution is 2.39. The molecule has 1 aliphatic rings. The summed E-state index contributed by atoms with van der Waals surface area (Å²) in [5, 5.41) is 13.0. The van der Waals surface area contributed by atoms with Crippen LogP contribution in [0.3, 0.4) is 0 Å². The highest BCUT2D eigenvalue weighted by Gasteiger charge is 2.27. The Morgan fingerprint density at radius 3 is 2.77 bits per heavy atom. The van der Waals surface area contributed by atoms with Crippen molar-refractivity contribution in [3.63, 3.8) is 0 Å².